The van der Waals surface area contributed by atoms with Crippen molar-refractivity contribution in [3.63, 3.8) is 0 Å². The molecule has 0 atom stereocenters. The molecule has 0 aliphatic heterocycles. The maximum absolute atomic E-state index is 12.3. The molecule has 0 aliphatic carbocycles. The molecule has 1 N–H and O–H groups in total. The van der Waals surface area contributed by atoms with E-state index in [0.717, 1.165) is 5.69 Å². The van der Waals surface area contributed by atoms with Gasteiger partial charge in [0.25, 0.3) is 5.91 Å². The summed E-state index contributed by atoms with van der Waals surface area (Å²) in [5, 5.41) is 2.80. The van der Waals surface area contributed by atoms with Crippen molar-refractivity contribution in [3.8, 4) is 5.75 Å². The molecular weight excluding hydrogens is 328 g/mol. The van der Waals surface area contributed by atoms with Gasteiger partial charge in [-0.05, 0) is 42.5 Å². The number of hydrogen-bond acceptors (Lipinski definition) is 3. The lowest BCUT2D eigenvalue weighted by molar-refractivity contribution is 0.102. The number of benzene rings is 3. The lowest BCUT2D eigenvalue weighted by Gasteiger charge is -2.17. The van der Waals surface area contributed by atoms with Gasteiger partial charge in [0, 0.05) is 24.0 Å². The predicted molar refractivity (Wildman–Crippen MR) is 102 cm³/mol. The summed E-state index contributed by atoms with van der Waals surface area (Å²) in [5.74, 6) is 0.0315. The van der Waals surface area contributed by atoms with Crippen LogP contribution < -0.4 is 15.0 Å². The lowest BCUT2D eigenvalue weighted by Crippen LogP contribution is -2.29. The fraction of sp³-hybridized carbons (Fsp3) is 0.0476. The molecule has 130 valence electrons. The average Bonchev–Trinajstić information content (AvgIpc) is 2.69. The molecular formula is C21H18N2O3. The van der Waals surface area contributed by atoms with Crippen LogP contribution in [0.5, 0.6) is 5.75 Å². The van der Waals surface area contributed by atoms with Gasteiger partial charge in [-0.3, -0.25) is 9.69 Å². The Kier molecular flexibility index (Phi) is 5.29. The third kappa shape index (κ3) is 4.27. The van der Waals surface area contributed by atoms with Crippen LogP contribution in [0.4, 0.5) is 16.2 Å². The van der Waals surface area contributed by atoms with Crippen LogP contribution in [0, 0.1) is 0 Å². The molecule has 0 spiro atoms. The monoisotopic (exact) mass is 346 g/mol. The van der Waals surface area contributed by atoms with Crippen molar-refractivity contribution >= 4 is 23.4 Å². The minimum absolute atomic E-state index is 0.273. The van der Waals surface area contributed by atoms with Crippen molar-refractivity contribution in [1.82, 2.24) is 0 Å². The Bertz CT molecular complexity index is 895. The highest BCUT2D eigenvalue weighted by atomic mass is 16.6. The number of carbonyl (C=O) groups excluding carboxylic acids is 2. The molecule has 0 unspecified atom stereocenters. The van der Waals surface area contributed by atoms with Gasteiger partial charge in [0.1, 0.15) is 5.75 Å². The van der Waals surface area contributed by atoms with Gasteiger partial charge < -0.3 is 10.1 Å². The second-order valence-corrected chi connectivity index (χ2v) is 5.61. The first-order chi connectivity index (χ1) is 12.6. The van der Waals surface area contributed by atoms with Crippen LogP contribution in [0.2, 0.25) is 0 Å². The number of carbonyl (C=O) groups is 2. The summed E-state index contributed by atoms with van der Waals surface area (Å²) in [6.45, 7) is 0. The molecule has 0 fully saturated rings. The maximum Gasteiger partial charge on any atom is 0.419 e. The predicted octanol–water partition coefficient (Wildman–Crippen LogP) is 4.57. The van der Waals surface area contributed by atoms with Crippen LogP contribution in [0.1, 0.15) is 10.4 Å². The number of para-hydroxylation sites is 2. The van der Waals surface area contributed by atoms with E-state index in [2.05, 4.69) is 5.32 Å². The van der Waals surface area contributed by atoms with E-state index in [1.54, 1.807) is 37.4 Å². The Balaban J connectivity index is 1.69. The van der Waals surface area contributed by atoms with Crippen molar-refractivity contribution in [2.75, 3.05) is 17.3 Å². The number of nitrogens with zero attached hydrogens (tertiary/aromatic N) is 1. The number of rotatable bonds is 4. The Morgan fingerprint density at radius 2 is 1.50 bits per heavy atom. The summed E-state index contributed by atoms with van der Waals surface area (Å²) in [6.07, 6.45) is -0.531. The fourth-order valence-electron chi connectivity index (χ4n) is 2.35. The van der Waals surface area contributed by atoms with Crippen LogP contribution in [0.3, 0.4) is 0 Å². The van der Waals surface area contributed by atoms with E-state index in [1.807, 2.05) is 48.5 Å². The summed E-state index contributed by atoms with van der Waals surface area (Å²) >= 11 is 0. The van der Waals surface area contributed by atoms with Gasteiger partial charge in [0.05, 0.1) is 0 Å². The standard InChI is InChI=1S/C21H18N2O3/c1-23(18-12-6-3-7-13-18)21(25)26-19-14-8-9-16(15-19)20(24)22-17-10-4-2-5-11-17/h2-15H,1H3,(H,22,24). The summed E-state index contributed by atoms with van der Waals surface area (Å²) in [5.41, 5.74) is 1.82. The van der Waals surface area contributed by atoms with Crippen LogP contribution in [0.25, 0.3) is 0 Å². The lowest BCUT2D eigenvalue weighted by atomic mass is 10.2. The van der Waals surface area contributed by atoms with Crippen LogP contribution >= 0.6 is 0 Å². The van der Waals surface area contributed by atoms with Crippen molar-refractivity contribution in [2.24, 2.45) is 0 Å². The largest absolute Gasteiger partial charge is 0.419 e. The second-order valence-electron chi connectivity index (χ2n) is 5.61. The molecule has 0 bridgehead atoms. The van der Waals surface area contributed by atoms with E-state index in [4.69, 9.17) is 4.74 Å². The summed E-state index contributed by atoms with van der Waals surface area (Å²) in [4.78, 5) is 26.0. The molecule has 3 aromatic carbocycles. The number of amides is 2. The molecule has 5 heteroatoms. The van der Waals surface area contributed by atoms with Crippen LogP contribution in [-0.4, -0.2) is 19.0 Å². The third-order valence-electron chi connectivity index (χ3n) is 3.75. The molecule has 0 saturated heterocycles. The minimum atomic E-state index is -0.531. The highest BCUT2D eigenvalue weighted by molar-refractivity contribution is 6.04. The molecule has 0 aromatic heterocycles. The van der Waals surface area contributed by atoms with Crippen molar-refractivity contribution in [1.29, 1.82) is 0 Å². The number of ether oxygens (including phenoxy) is 1. The number of nitrogens with one attached hydrogen (secondary N) is 1. The van der Waals surface area contributed by atoms with E-state index in [1.165, 1.54) is 11.0 Å². The molecule has 0 aliphatic rings. The first kappa shape index (κ1) is 17.2. The van der Waals surface area contributed by atoms with Gasteiger partial charge in [-0.25, -0.2) is 4.79 Å². The molecule has 0 heterocycles. The van der Waals surface area contributed by atoms with Crippen LogP contribution in [-0.2, 0) is 0 Å². The van der Waals surface area contributed by atoms with Crippen LogP contribution in [0.15, 0.2) is 84.9 Å². The quantitative estimate of drug-likeness (QED) is 0.752. The zero-order valence-electron chi connectivity index (χ0n) is 14.3. The Morgan fingerprint density at radius 1 is 0.846 bits per heavy atom. The molecule has 26 heavy (non-hydrogen) atoms. The summed E-state index contributed by atoms with van der Waals surface area (Å²) < 4.78 is 5.38. The van der Waals surface area contributed by atoms with Gasteiger partial charge in [-0.2, -0.15) is 0 Å². The SMILES string of the molecule is CN(C(=O)Oc1cccc(C(=O)Nc2ccccc2)c1)c1ccccc1. The van der Waals surface area contributed by atoms with E-state index in [-0.39, 0.29) is 5.91 Å². The average molecular weight is 346 g/mol. The zero-order valence-corrected chi connectivity index (χ0v) is 14.3. The highest BCUT2D eigenvalue weighted by Gasteiger charge is 2.14. The Morgan fingerprint density at radius 3 is 2.19 bits per heavy atom. The zero-order chi connectivity index (χ0) is 18.4. The maximum atomic E-state index is 12.3. The summed E-state index contributed by atoms with van der Waals surface area (Å²) in [6, 6.07) is 24.8. The normalized spacial score (nSPS) is 10.0. The van der Waals surface area contributed by atoms with Crippen molar-refractivity contribution in [2.45, 2.75) is 0 Å². The van der Waals surface area contributed by atoms with Gasteiger partial charge in [-0.1, -0.05) is 42.5 Å². The van der Waals surface area contributed by atoms with E-state index in [9.17, 15) is 9.59 Å². The first-order valence-electron chi connectivity index (χ1n) is 8.10. The molecule has 0 radical (unpaired) electrons. The van der Waals surface area contributed by atoms with Crippen molar-refractivity contribution < 1.29 is 14.3 Å². The van der Waals surface area contributed by atoms with E-state index in [0.29, 0.717) is 17.0 Å². The highest BCUT2D eigenvalue weighted by Crippen LogP contribution is 2.18. The Hall–Kier alpha value is -3.60. The second kappa shape index (κ2) is 7.98. The smallest absolute Gasteiger partial charge is 0.410 e. The van der Waals surface area contributed by atoms with E-state index >= 15 is 0 Å². The molecule has 0 saturated carbocycles. The topological polar surface area (TPSA) is 58.6 Å². The van der Waals surface area contributed by atoms with Gasteiger partial charge in [-0.15, -0.1) is 0 Å². The molecule has 3 aromatic rings. The third-order valence-corrected chi connectivity index (χ3v) is 3.75. The fourth-order valence-corrected chi connectivity index (χ4v) is 2.35. The van der Waals surface area contributed by atoms with Gasteiger partial charge >= 0.3 is 6.09 Å². The molecule has 2 amide bonds. The number of anilines is 2. The molecule has 5 nitrogen and oxygen atoms in total. The van der Waals surface area contributed by atoms with E-state index < -0.39 is 6.09 Å². The Labute approximate surface area is 151 Å². The molecule has 3 rings (SSSR count). The van der Waals surface area contributed by atoms with Crippen molar-refractivity contribution in [3.05, 3.63) is 90.5 Å². The van der Waals surface area contributed by atoms with Gasteiger partial charge in [0.15, 0.2) is 0 Å². The van der Waals surface area contributed by atoms with Gasteiger partial charge in [0.2, 0.25) is 0 Å². The minimum Gasteiger partial charge on any atom is -0.410 e. The first-order valence-corrected chi connectivity index (χ1v) is 8.10. The number of hydrogen-bond donors (Lipinski definition) is 1. The summed E-state index contributed by atoms with van der Waals surface area (Å²) in [7, 11) is 1.63.